The summed E-state index contributed by atoms with van der Waals surface area (Å²) in [4.78, 5) is 12.2. The predicted octanol–water partition coefficient (Wildman–Crippen LogP) is 5.09. The molecule has 1 aromatic heterocycles. The van der Waals surface area contributed by atoms with E-state index >= 15 is 0 Å². The fourth-order valence-corrected chi connectivity index (χ4v) is 5.83. The van der Waals surface area contributed by atoms with Crippen molar-refractivity contribution in [1.82, 2.24) is 19.2 Å². The average molecular weight is 508 g/mol. The van der Waals surface area contributed by atoms with Gasteiger partial charge in [0.25, 0.3) is 0 Å². The van der Waals surface area contributed by atoms with E-state index < -0.39 is 10.0 Å². The monoisotopic (exact) mass is 507 g/mol. The summed E-state index contributed by atoms with van der Waals surface area (Å²) in [6, 6.07) is 24.1. The summed E-state index contributed by atoms with van der Waals surface area (Å²) >= 11 is 5.92. The molecule has 0 amide bonds. The lowest BCUT2D eigenvalue weighted by Crippen LogP contribution is -2.49. The Bertz CT molecular complexity index is 1420. The Morgan fingerprint density at radius 1 is 0.857 bits per heavy atom. The number of para-hydroxylation sites is 2. The zero-order chi connectivity index (χ0) is 24.4. The Kier molecular flexibility index (Phi) is 6.71. The molecule has 1 N–H and O–H groups in total. The van der Waals surface area contributed by atoms with Crippen molar-refractivity contribution in [2.24, 2.45) is 0 Å². The van der Waals surface area contributed by atoms with E-state index in [1.807, 2.05) is 54.6 Å². The van der Waals surface area contributed by atoms with Gasteiger partial charge in [0.15, 0.2) is 0 Å². The quantitative estimate of drug-likeness (QED) is 0.391. The largest absolute Gasteiger partial charge is 0.340 e. The van der Waals surface area contributed by atoms with Crippen molar-refractivity contribution in [3.05, 3.63) is 89.7 Å². The number of anilines is 2. The molecule has 5 rings (SSSR count). The zero-order valence-electron chi connectivity index (χ0n) is 19.3. The molecule has 9 heteroatoms. The highest BCUT2D eigenvalue weighted by Gasteiger charge is 2.31. The van der Waals surface area contributed by atoms with Crippen LogP contribution < -0.4 is 5.32 Å². The third-order valence-electron chi connectivity index (χ3n) is 6.30. The molecule has 0 saturated carbocycles. The van der Waals surface area contributed by atoms with E-state index in [2.05, 4.69) is 17.1 Å². The SMILES string of the molecule is C[C@@H](c1nc(Nc2ccccc2)c2ccccc2n1)N1CCN(S(=O)(=O)c2ccc(Cl)cc2)CC1. The van der Waals surface area contributed by atoms with Crippen LogP contribution in [0.2, 0.25) is 5.02 Å². The molecule has 4 aromatic rings. The zero-order valence-corrected chi connectivity index (χ0v) is 20.9. The summed E-state index contributed by atoms with van der Waals surface area (Å²) in [5, 5.41) is 4.89. The highest BCUT2D eigenvalue weighted by molar-refractivity contribution is 7.89. The standard InChI is InChI=1S/C26H26ClN5O2S/c1-19(31-15-17-32(18-16-31)35(33,34)22-13-11-20(27)12-14-22)25-29-24-10-6-5-9-23(24)26(30-25)28-21-7-3-2-4-8-21/h2-14,19H,15-18H2,1H3,(H,28,29,30)/t19-/m0/s1. The number of nitrogens with one attached hydrogen (secondary N) is 1. The fourth-order valence-electron chi connectivity index (χ4n) is 4.29. The van der Waals surface area contributed by atoms with Gasteiger partial charge >= 0.3 is 0 Å². The molecule has 0 bridgehead atoms. The van der Waals surface area contributed by atoms with Gasteiger partial charge in [-0.15, -0.1) is 0 Å². The Morgan fingerprint density at radius 2 is 1.51 bits per heavy atom. The number of halogens is 1. The van der Waals surface area contributed by atoms with Gasteiger partial charge in [0.2, 0.25) is 10.0 Å². The number of sulfonamides is 1. The smallest absolute Gasteiger partial charge is 0.243 e. The first-order chi connectivity index (χ1) is 16.9. The van der Waals surface area contributed by atoms with Crippen LogP contribution in [-0.2, 0) is 10.0 Å². The van der Waals surface area contributed by atoms with Crippen LogP contribution in [0.5, 0.6) is 0 Å². The van der Waals surface area contributed by atoms with Crippen molar-refractivity contribution in [2.45, 2.75) is 17.9 Å². The number of hydrogen-bond acceptors (Lipinski definition) is 6. The number of benzene rings is 3. The molecule has 3 aromatic carbocycles. The van der Waals surface area contributed by atoms with Crippen LogP contribution in [-0.4, -0.2) is 53.8 Å². The minimum absolute atomic E-state index is 0.0729. The van der Waals surface area contributed by atoms with E-state index in [9.17, 15) is 8.42 Å². The van der Waals surface area contributed by atoms with Gasteiger partial charge in [-0.05, 0) is 55.5 Å². The maximum Gasteiger partial charge on any atom is 0.243 e. The van der Waals surface area contributed by atoms with E-state index in [1.54, 1.807) is 24.3 Å². The van der Waals surface area contributed by atoms with E-state index in [-0.39, 0.29) is 10.9 Å². The molecule has 1 atom stereocenters. The Labute approximate surface area is 210 Å². The predicted molar refractivity (Wildman–Crippen MR) is 139 cm³/mol. The van der Waals surface area contributed by atoms with Gasteiger partial charge in [0, 0.05) is 42.3 Å². The molecule has 2 heterocycles. The van der Waals surface area contributed by atoms with Crippen LogP contribution in [0.1, 0.15) is 18.8 Å². The molecular weight excluding hydrogens is 482 g/mol. The summed E-state index contributed by atoms with van der Waals surface area (Å²) < 4.78 is 27.6. The van der Waals surface area contributed by atoms with Gasteiger partial charge in [0.05, 0.1) is 16.5 Å². The summed E-state index contributed by atoms with van der Waals surface area (Å²) in [6.45, 7) is 4.05. The third kappa shape index (κ3) is 5.01. The first kappa shape index (κ1) is 23.7. The van der Waals surface area contributed by atoms with Gasteiger partial charge in [-0.1, -0.05) is 41.9 Å². The molecule has 180 valence electrons. The summed E-state index contributed by atoms with van der Waals surface area (Å²) in [6.07, 6.45) is 0. The second-order valence-electron chi connectivity index (χ2n) is 8.51. The molecule has 7 nitrogen and oxygen atoms in total. The van der Waals surface area contributed by atoms with Crippen molar-refractivity contribution in [3.63, 3.8) is 0 Å². The minimum atomic E-state index is -3.56. The summed E-state index contributed by atoms with van der Waals surface area (Å²) in [7, 11) is -3.56. The molecule has 0 spiro atoms. The van der Waals surface area contributed by atoms with Crippen molar-refractivity contribution in [3.8, 4) is 0 Å². The Morgan fingerprint density at radius 3 is 2.23 bits per heavy atom. The lowest BCUT2D eigenvalue weighted by atomic mass is 10.2. The first-order valence-electron chi connectivity index (χ1n) is 11.5. The van der Waals surface area contributed by atoms with Gasteiger partial charge in [-0.2, -0.15) is 4.31 Å². The second-order valence-corrected chi connectivity index (χ2v) is 10.9. The van der Waals surface area contributed by atoms with E-state index in [0.29, 0.717) is 37.0 Å². The van der Waals surface area contributed by atoms with Gasteiger partial charge in [-0.25, -0.2) is 18.4 Å². The van der Waals surface area contributed by atoms with E-state index in [0.717, 1.165) is 22.4 Å². The fraction of sp³-hybridized carbons (Fsp3) is 0.231. The maximum absolute atomic E-state index is 13.0. The van der Waals surface area contributed by atoms with Crippen molar-refractivity contribution >= 4 is 44.0 Å². The maximum atomic E-state index is 13.0. The first-order valence-corrected chi connectivity index (χ1v) is 13.3. The lowest BCUT2D eigenvalue weighted by Gasteiger charge is -2.36. The third-order valence-corrected chi connectivity index (χ3v) is 8.47. The number of rotatable bonds is 6. The number of nitrogens with zero attached hydrogens (tertiary/aromatic N) is 4. The molecule has 1 aliphatic rings. The molecule has 1 saturated heterocycles. The van der Waals surface area contributed by atoms with Gasteiger partial charge in [-0.3, -0.25) is 4.90 Å². The molecule has 0 aliphatic carbocycles. The minimum Gasteiger partial charge on any atom is -0.340 e. The van der Waals surface area contributed by atoms with Crippen LogP contribution in [0.15, 0.2) is 83.8 Å². The van der Waals surface area contributed by atoms with Crippen LogP contribution in [0.25, 0.3) is 10.9 Å². The van der Waals surface area contributed by atoms with E-state index in [4.69, 9.17) is 21.6 Å². The van der Waals surface area contributed by atoms with Crippen molar-refractivity contribution in [2.75, 3.05) is 31.5 Å². The van der Waals surface area contributed by atoms with Gasteiger partial charge < -0.3 is 5.32 Å². The molecular formula is C26H26ClN5O2S. The number of fused-ring (bicyclic) bond motifs is 1. The van der Waals surface area contributed by atoms with Crippen LogP contribution in [0.4, 0.5) is 11.5 Å². The van der Waals surface area contributed by atoms with Crippen LogP contribution >= 0.6 is 11.6 Å². The molecule has 1 fully saturated rings. The number of aromatic nitrogens is 2. The van der Waals surface area contributed by atoms with Crippen molar-refractivity contribution < 1.29 is 8.42 Å². The Hall–Kier alpha value is -3.04. The van der Waals surface area contributed by atoms with Crippen molar-refractivity contribution in [1.29, 1.82) is 0 Å². The van der Waals surface area contributed by atoms with Crippen LogP contribution in [0, 0.1) is 0 Å². The number of hydrogen-bond donors (Lipinski definition) is 1. The highest BCUT2D eigenvalue weighted by atomic mass is 35.5. The molecule has 0 radical (unpaired) electrons. The molecule has 35 heavy (non-hydrogen) atoms. The molecule has 1 aliphatic heterocycles. The summed E-state index contributed by atoms with van der Waals surface area (Å²) in [5.74, 6) is 1.46. The highest BCUT2D eigenvalue weighted by Crippen LogP contribution is 2.28. The average Bonchev–Trinajstić information content (AvgIpc) is 2.89. The second kappa shape index (κ2) is 9.91. The Balaban J connectivity index is 1.35. The topological polar surface area (TPSA) is 78.4 Å². The normalized spacial score (nSPS) is 16.3. The number of piperazine rings is 1. The lowest BCUT2D eigenvalue weighted by molar-refractivity contribution is 0.141. The van der Waals surface area contributed by atoms with Crippen LogP contribution in [0.3, 0.4) is 0 Å². The summed E-state index contributed by atoms with van der Waals surface area (Å²) in [5.41, 5.74) is 1.82. The molecule has 0 unspecified atom stereocenters. The van der Waals surface area contributed by atoms with E-state index in [1.165, 1.54) is 4.31 Å². The van der Waals surface area contributed by atoms with Gasteiger partial charge in [0.1, 0.15) is 11.6 Å².